The molecule has 0 aromatic carbocycles. The molecule has 1 aliphatic rings. The third kappa shape index (κ3) is 3.50. The molecule has 1 aromatic rings. The summed E-state index contributed by atoms with van der Waals surface area (Å²) in [7, 11) is 0. The van der Waals surface area contributed by atoms with Crippen molar-refractivity contribution in [2.24, 2.45) is 0 Å². The molecule has 1 amide bonds. The van der Waals surface area contributed by atoms with Crippen molar-refractivity contribution < 1.29 is 4.79 Å². The van der Waals surface area contributed by atoms with Gasteiger partial charge in [0.25, 0.3) is 5.56 Å². The Hall–Kier alpha value is -1.56. The molecule has 1 saturated heterocycles. The molecule has 2 N–H and O–H groups in total. The summed E-state index contributed by atoms with van der Waals surface area (Å²) in [6, 6.07) is 1.58. The first-order valence-corrected chi connectivity index (χ1v) is 7.24. The zero-order valence-corrected chi connectivity index (χ0v) is 12.4. The first kappa shape index (κ1) is 14.8. The molecule has 0 saturated carbocycles. The van der Waals surface area contributed by atoms with Crippen molar-refractivity contribution in [1.82, 2.24) is 15.3 Å². The maximum absolute atomic E-state index is 11.7. The van der Waals surface area contributed by atoms with Crippen molar-refractivity contribution in [2.75, 3.05) is 23.9 Å². The minimum atomic E-state index is -0.170. The molecule has 2 rings (SSSR count). The van der Waals surface area contributed by atoms with E-state index in [9.17, 15) is 9.59 Å². The van der Waals surface area contributed by atoms with Crippen LogP contribution in [-0.2, 0) is 4.79 Å². The number of aromatic amines is 1. The van der Waals surface area contributed by atoms with Gasteiger partial charge in [-0.3, -0.25) is 14.6 Å². The summed E-state index contributed by atoms with van der Waals surface area (Å²) in [6.45, 7) is 5.38. The molecule has 0 bridgehead atoms. The van der Waals surface area contributed by atoms with Gasteiger partial charge in [0.05, 0.1) is 5.69 Å². The van der Waals surface area contributed by atoms with Gasteiger partial charge in [0, 0.05) is 25.2 Å². The van der Waals surface area contributed by atoms with Crippen molar-refractivity contribution >= 4 is 23.5 Å². The summed E-state index contributed by atoms with van der Waals surface area (Å²) in [4.78, 5) is 32.2. The van der Waals surface area contributed by atoms with Crippen LogP contribution < -0.4 is 15.8 Å². The topological polar surface area (TPSA) is 78.1 Å². The van der Waals surface area contributed by atoms with Gasteiger partial charge >= 0.3 is 0 Å². The third-order valence-electron chi connectivity index (χ3n) is 3.31. The van der Waals surface area contributed by atoms with Gasteiger partial charge < -0.3 is 10.2 Å². The first-order valence-electron chi connectivity index (χ1n) is 6.71. The van der Waals surface area contributed by atoms with Crippen LogP contribution in [0.3, 0.4) is 0 Å². The Labute approximate surface area is 122 Å². The smallest absolute Gasteiger partial charge is 0.252 e. The average Bonchev–Trinajstić information content (AvgIpc) is 2.86. The summed E-state index contributed by atoms with van der Waals surface area (Å²) in [6.07, 6.45) is 0.818. The van der Waals surface area contributed by atoms with Gasteiger partial charge in [-0.05, 0) is 12.3 Å². The lowest BCUT2D eigenvalue weighted by Gasteiger charge is -2.18. The minimum Gasteiger partial charge on any atom is -0.350 e. The minimum absolute atomic E-state index is 0.0333. The number of amides is 1. The number of nitrogens with one attached hydrogen (secondary N) is 2. The van der Waals surface area contributed by atoms with Crippen molar-refractivity contribution in [3.05, 3.63) is 22.1 Å². The van der Waals surface area contributed by atoms with E-state index in [2.05, 4.69) is 15.3 Å². The van der Waals surface area contributed by atoms with Crippen LogP contribution in [0.25, 0.3) is 0 Å². The standard InChI is InChI=1S/C13H19ClN4O2/c1-8(2)10-5-11(19)17-13(16-10)18-4-3-9(7-18)15-12(20)6-14/h5,8-9H,3-4,6-7H2,1-2H3,(H,15,20)(H,16,17,19). The Morgan fingerprint density at radius 1 is 1.65 bits per heavy atom. The number of alkyl halides is 1. The normalized spacial score (nSPS) is 18.6. The second kappa shape index (κ2) is 6.26. The fourth-order valence-corrected chi connectivity index (χ4v) is 2.32. The Morgan fingerprint density at radius 2 is 2.40 bits per heavy atom. The molecule has 7 heteroatoms. The molecule has 110 valence electrons. The quantitative estimate of drug-likeness (QED) is 0.807. The van der Waals surface area contributed by atoms with E-state index in [0.717, 1.165) is 18.7 Å². The van der Waals surface area contributed by atoms with E-state index >= 15 is 0 Å². The fourth-order valence-electron chi connectivity index (χ4n) is 2.25. The van der Waals surface area contributed by atoms with E-state index in [0.29, 0.717) is 12.5 Å². The van der Waals surface area contributed by atoms with E-state index in [1.165, 1.54) is 6.07 Å². The molecule has 1 fully saturated rings. The Morgan fingerprint density at radius 3 is 3.05 bits per heavy atom. The van der Waals surface area contributed by atoms with Crippen molar-refractivity contribution in [3.8, 4) is 0 Å². The molecule has 20 heavy (non-hydrogen) atoms. The summed E-state index contributed by atoms with van der Waals surface area (Å²) in [5, 5.41) is 2.85. The summed E-state index contributed by atoms with van der Waals surface area (Å²) in [5.74, 6) is 0.569. The van der Waals surface area contributed by atoms with Gasteiger partial charge in [-0.15, -0.1) is 11.6 Å². The van der Waals surface area contributed by atoms with E-state index in [1.54, 1.807) is 0 Å². The number of nitrogens with zero attached hydrogens (tertiary/aromatic N) is 2. The number of halogens is 1. The van der Waals surface area contributed by atoms with E-state index in [4.69, 9.17) is 11.6 Å². The highest BCUT2D eigenvalue weighted by Crippen LogP contribution is 2.17. The zero-order valence-electron chi connectivity index (χ0n) is 11.6. The summed E-state index contributed by atoms with van der Waals surface area (Å²) >= 11 is 5.47. The van der Waals surface area contributed by atoms with Crippen LogP contribution in [0, 0.1) is 0 Å². The highest BCUT2D eigenvalue weighted by Gasteiger charge is 2.25. The number of H-pyrrole nitrogens is 1. The Kier molecular flexibility index (Phi) is 4.65. The van der Waals surface area contributed by atoms with Crippen LogP contribution in [0.5, 0.6) is 0 Å². The number of carbonyl (C=O) groups excluding carboxylic acids is 1. The first-order chi connectivity index (χ1) is 9.49. The molecule has 6 nitrogen and oxygen atoms in total. The van der Waals surface area contributed by atoms with Crippen molar-refractivity contribution in [3.63, 3.8) is 0 Å². The average molecular weight is 299 g/mol. The lowest BCUT2D eigenvalue weighted by Crippen LogP contribution is -2.38. The molecular formula is C13H19ClN4O2. The van der Waals surface area contributed by atoms with E-state index in [-0.39, 0.29) is 29.3 Å². The van der Waals surface area contributed by atoms with Gasteiger partial charge in [0.2, 0.25) is 11.9 Å². The molecule has 0 spiro atoms. The highest BCUT2D eigenvalue weighted by atomic mass is 35.5. The molecule has 1 unspecified atom stereocenters. The highest BCUT2D eigenvalue weighted by molar-refractivity contribution is 6.27. The summed E-state index contributed by atoms with van der Waals surface area (Å²) in [5.41, 5.74) is 0.629. The Balaban J connectivity index is 2.10. The van der Waals surface area contributed by atoms with Gasteiger partial charge in [0.15, 0.2) is 0 Å². The van der Waals surface area contributed by atoms with Crippen LogP contribution >= 0.6 is 11.6 Å². The van der Waals surface area contributed by atoms with Gasteiger partial charge in [-0.25, -0.2) is 4.98 Å². The van der Waals surface area contributed by atoms with E-state index in [1.807, 2.05) is 18.7 Å². The predicted molar refractivity (Wildman–Crippen MR) is 78.4 cm³/mol. The monoisotopic (exact) mass is 298 g/mol. The predicted octanol–water partition coefficient (Wildman–Crippen LogP) is 0.827. The molecule has 1 aromatic heterocycles. The lowest BCUT2D eigenvalue weighted by atomic mass is 10.1. The van der Waals surface area contributed by atoms with Gasteiger partial charge in [-0.1, -0.05) is 13.8 Å². The van der Waals surface area contributed by atoms with E-state index < -0.39 is 0 Å². The maximum atomic E-state index is 11.7. The Bertz CT molecular complexity index is 543. The number of anilines is 1. The molecule has 0 aliphatic carbocycles. The molecule has 1 aliphatic heterocycles. The van der Waals surface area contributed by atoms with Crippen LogP contribution in [0.15, 0.2) is 10.9 Å². The van der Waals surface area contributed by atoms with Crippen LogP contribution in [0.1, 0.15) is 31.9 Å². The van der Waals surface area contributed by atoms with Crippen LogP contribution in [0.4, 0.5) is 5.95 Å². The number of aromatic nitrogens is 2. The lowest BCUT2D eigenvalue weighted by molar-refractivity contribution is -0.119. The SMILES string of the molecule is CC(C)c1cc(=O)[nH]c(N2CCC(NC(=O)CCl)C2)n1. The number of hydrogen-bond donors (Lipinski definition) is 2. The molecule has 1 atom stereocenters. The van der Waals surface area contributed by atoms with Gasteiger partial charge in [0.1, 0.15) is 5.88 Å². The summed E-state index contributed by atoms with van der Waals surface area (Å²) < 4.78 is 0. The molecular weight excluding hydrogens is 280 g/mol. The van der Waals surface area contributed by atoms with Gasteiger partial charge in [-0.2, -0.15) is 0 Å². The van der Waals surface area contributed by atoms with Crippen molar-refractivity contribution in [1.29, 1.82) is 0 Å². The molecule has 2 heterocycles. The molecule has 0 radical (unpaired) electrons. The number of carbonyl (C=O) groups is 1. The van der Waals surface area contributed by atoms with Crippen LogP contribution in [0.2, 0.25) is 0 Å². The maximum Gasteiger partial charge on any atom is 0.252 e. The second-order valence-electron chi connectivity index (χ2n) is 5.28. The number of hydrogen-bond acceptors (Lipinski definition) is 4. The van der Waals surface area contributed by atoms with Crippen LogP contribution in [-0.4, -0.2) is 40.9 Å². The number of rotatable bonds is 4. The largest absolute Gasteiger partial charge is 0.350 e. The third-order valence-corrected chi connectivity index (χ3v) is 3.56. The zero-order chi connectivity index (χ0) is 14.7. The fraction of sp³-hybridized carbons (Fsp3) is 0.615. The van der Waals surface area contributed by atoms with Crippen molar-refractivity contribution in [2.45, 2.75) is 32.2 Å². The second-order valence-corrected chi connectivity index (χ2v) is 5.55.